The quantitative estimate of drug-likeness (QED) is 0.599. The maximum atomic E-state index is 13.2. The summed E-state index contributed by atoms with van der Waals surface area (Å²) in [5.74, 6) is 0.0395. The highest BCUT2D eigenvalue weighted by molar-refractivity contribution is 9.10. The number of nitrogens with one attached hydrogen (secondary N) is 1. The fraction of sp³-hybridized carbons (Fsp3) is 0.273. The lowest BCUT2D eigenvalue weighted by molar-refractivity contribution is 0.0677. The van der Waals surface area contributed by atoms with Gasteiger partial charge in [0, 0.05) is 29.3 Å². The first-order chi connectivity index (χ1) is 13.9. The van der Waals surface area contributed by atoms with Crippen molar-refractivity contribution in [3.8, 4) is 17.0 Å². The summed E-state index contributed by atoms with van der Waals surface area (Å²) >= 11 is 3.53. The van der Waals surface area contributed by atoms with Crippen LogP contribution in [0.3, 0.4) is 0 Å². The van der Waals surface area contributed by atoms with Crippen molar-refractivity contribution in [3.63, 3.8) is 0 Å². The van der Waals surface area contributed by atoms with Crippen LogP contribution in [0.1, 0.15) is 38.8 Å². The van der Waals surface area contributed by atoms with Gasteiger partial charge < -0.3 is 14.7 Å². The van der Waals surface area contributed by atoms with Gasteiger partial charge in [-0.15, -0.1) is 0 Å². The minimum absolute atomic E-state index is 0.120. The van der Waals surface area contributed by atoms with Crippen molar-refractivity contribution in [1.82, 2.24) is 15.1 Å². The number of nitrogens with zero attached hydrogens (tertiary/aromatic N) is 2. The number of phenolic OH excluding ortho intramolecular Hbond substituents is 1. The number of aromatic nitrogens is 2. The van der Waals surface area contributed by atoms with E-state index >= 15 is 0 Å². The highest BCUT2D eigenvalue weighted by atomic mass is 79.9. The molecule has 2 aromatic carbocycles. The minimum atomic E-state index is -0.320. The molecule has 150 valence electrons. The van der Waals surface area contributed by atoms with Crippen LogP contribution in [0.25, 0.3) is 11.3 Å². The van der Waals surface area contributed by atoms with Gasteiger partial charge in [0.05, 0.1) is 12.6 Å². The maximum Gasteiger partial charge on any atom is 0.273 e. The number of aromatic hydroxyl groups is 1. The second-order valence-electron chi connectivity index (χ2n) is 7.29. The molecule has 0 aliphatic carbocycles. The van der Waals surface area contributed by atoms with Crippen molar-refractivity contribution < 1.29 is 14.6 Å². The third-order valence-corrected chi connectivity index (χ3v) is 5.75. The van der Waals surface area contributed by atoms with Crippen molar-refractivity contribution in [2.75, 3.05) is 20.3 Å². The van der Waals surface area contributed by atoms with Crippen molar-refractivity contribution >= 4 is 21.8 Å². The zero-order valence-electron chi connectivity index (χ0n) is 16.5. The Hall–Kier alpha value is -2.64. The Morgan fingerprint density at radius 2 is 2.07 bits per heavy atom. The van der Waals surface area contributed by atoms with Gasteiger partial charge in [0.15, 0.2) is 0 Å². The number of hydrogen-bond acceptors (Lipinski definition) is 4. The molecule has 2 heterocycles. The van der Waals surface area contributed by atoms with Gasteiger partial charge >= 0.3 is 0 Å². The van der Waals surface area contributed by atoms with E-state index in [1.165, 1.54) is 0 Å². The molecule has 0 radical (unpaired) electrons. The van der Waals surface area contributed by atoms with Gasteiger partial charge in [-0.25, -0.2) is 0 Å². The maximum absolute atomic E-state index is 13.2. The standard InChI is InChI=1S/C22H22BrN3O3/c1-12-9-13(2)17(16(27)10-12)19-18-20(25-24-19)22(28)26(7-8-29-3)21(18)14-5-4-6-15(23)11-14/h4-6,9-11,21,27H,7-8H2,1-3H3,(H,24,25). The molecule has 2 N–H and O–H groups in total. The molecule has 1 aliphatic heterocycles. The molecule has 3 aromatic rings. The van der Waals surface area contributed by atoms with Gasteiger partial charge in [0.2, 0.25) is 0 Å². The highest BCUT2D eigenvalue weighted by Gasteiger charge is 2.42. The molecule has 4 rings (SSSR count). The molecule has 6 nitrogen and oxygen atoms in total. The van der Waals surface area contributed by atoms with Gasteiger partial charge in [-0.3, -0.25) is 9.89 Å². The number of fused-ring (bicyclic) bond motifs is 1. The molecule has 1 aromatic heterocycles. The molecule has 1 atom stereocenters. The predicted octanol–water partition coefficient (Wildman–Crippen LogP) is 4.35. The number of hydrogen-bond donors (Lipinski definition) is 2. The molecule has 0 bridgehead atoms. The van der Waals surface area contributed by atoms with Crippen LogP contribution in [0.4, 0.5) is 0 Å². The summed E-state index contributed by atoms with van der Waals surface area (Å²) in [7, 11) is 1.62. The lowest BCUT2D eigenvalue weighted by atomic mass is 9.93. The Balaban J connectivity index is 1.92. The lowest BCUT2D eigenvalue weighted by Gasteiger charge is -2.26. The summed E-state index contributed by atoms with van der Waals surface area (Å²) < 4.78 is 6.17. The van der Waals surface area contributed by atoms with E-state index in [2.05, 4.69) is 26.1 Å². The van der Waals surface area contributed by atoms with Gasteiger partial charge in [-0.2, -0.15) is 5.10 Å². The van der Waals surface area contributed by atoms with E-state index in [9.17, 15) is 9.90 Å². The largest absolute Gasteiger partial charge is 0.507 e. The molecule has 7 heteroatoms. The van der Waals surface area contributed by atoms with E-state index < -0.39 is 0 Å². The van der Waals surface area contributed by atoms with Crippen LogP contribution in [0.5, 0.6) is 5.75 Å². The van der Waals surface area contributed by atoms with Crippen molar-refractivity contribution in [3.05, 3.63) is 68.8 Å². The average Bonchev–Trinajstić information content (AvgIpc) is 3.19. The number of ether oxygens (including phenoxy) is 1. The predicted molar refractivity (Wildman–Crippen MR) is 114 cm³/mol. The number of aryl methyl sites for hydroxylation is 2. The molecule has 0 saturated heterocycles. The fourth-order valence-electron chi connectivity index (χ4n) is 4.08. The number of methoxy groups -OCH3 is 1. The van der Waals surface area contributed by atoms with Crippen LogP contribution in [-0.2, 0) is 4.74 Å². The molecule has 1 unspecified atom stereocenters. The second-order valence-corrected chi connectivity index (χ2v) is 8.20. The molecule has 1 amide bonds. The lowest BCUT2D eigenvalue weighted by Crippen LogP contribution is -2.32. The van der Waals surface area contributed by atoms with Gasteiger partial charge in [0.25, 0.3) is 5.91 Å². The van der Waals surface area contributed by atoms with Crippen molar-refractivity contribution in [2.24, 2.45) is 0 Å². The van der Waals surface area contributed by atoms with Gasteiger partial charge in [0.1, 0.15) is 17.1 Å². The Morgan fingerprint density at radius 3 is 2.76 bits per heavy atom. The summed E-state index contributed by atoms with van der Waals surface area (Å²) in [5, 5.41) is 18.0. The second kappa shape index (κ2) is 7.65. The van der Waals surface area contributed by atoms with Crippen LogP contribution < -0.4 is 0 Å². The first kappa shape index (κ1) is 19.7. The van der Waals surface area contributed by atoms with Crippen LogP contribution in [0, 0.1) is 13.8 Å². The fourth-order valence-corrected chi connectivity index (χ4v) is 4.50. The first-order valence-corrected chi connectivity index (χ1v) is 10.2. The molecule has 0 saturated carbocycles. The number of benzene rings is 2. The smallest absolute Gasteiger partial charge is 0.273 e. The zero-order valence-corrected chi connectivity index (χ0v) is 18.1. The number of H-pyrrole nitrogens is 1. The van der Waals surface area contributed by atoms with E-state index in [4.69, 9.17) is 4.74 Å². The summed E-state index contributed by atoms with van der Waals surface area (Å²) in [4.78, 5) is 15.0. The Labute approximate surface area is 177 Å². The minimum Gasteiger partial charge on any atom is -0.507 e. The van der Waals surface area contributed by atoms with Crippen LogP contribution >= 0.6 is 15.9 Å². The van der Waals surface area contributed by atoms with E-state index in [1.807, 2.05) is 44.2 Å². The number of amides is 1. The number of carbonyl (C=O) groups is 1. The molecular weight excluding hydrogens is 434 g/mol. The molecule has 1 aliphatic rings. The highest BCUT2D eigenvalue weighted by Crippen LogP contribution is 2.45. The third kappa shape index (κ3) is 3.34. The average molecular weight is 456 g/mol. The van der Waals surface area contributed by atoms with Crippen molar-refractivity contribution in [1.29, 1.82) is 0 Å². The molecule has 0 fully saturated rings. The van der Waals surface area contributed by atoms with Crippen LogP contribution in [-0.4, -0.2) is 46.4 Å². The topological polar surface area (TPSA) is 78.5 Å². The first-order valence-electron chi connectivity index (χ1n) is 9.36. The summed E-state index contributed by atoms with van der Waals surface area (Å²) in [6.45, 7) is 4.76. The van der Waals surface area contributed by atoms with E-state index in [0.717, 1.165) is 26.7 Å². The third-order valence-electron chi connectivity index (χ3n) is 5.26. The zero-order chi connectivity index (χ0) is 20.7. The molecule has 0 spiro atoms. The normalized spacial score (nSPS) is 15.8. The number of rotatable bonds is 5. The Morgan fingerprint density at radius 1 is 1.28 bits per heavy atom. The van der Waals surface area contributed by atoms with E-state index in [0.29, 0.717) is 30.1 Å². The van der Waals surface area contributed by atoms with Crippen molar-refractivity contribution in [2.45, 2.75) is 19.9 Å². The van der Waals surface area contributed by atoms with E-state index in [-0.39, 0.29) is 17.7 Å². The number of aromatic amines is 1. The molecular formula is C22H22BrN3O3. The van der Waals surface area contributed by atoms with Crippen LogP contribution in [0.2, 0.25) is 0 Å². The van der Waals surface area contributed by atoms with E-state index in [1.54, 1.807) is 18.1 Å². The summed E-state index contributed by atoms with van der Waals surface area (Å²) in [6, 6.07) is 11.3. The SMILES string of the molecule is COCCN1C(=O)c2[nH]nc(-c3c(C)cc(C)cc3O)c2C1c1cccc(Br)c1. The Bertz CT molecular complexity index is 1070. The number of phenols is 1. The monoisotopic (exact) mass is 455 g/mol. The van der Waals surface area contributed by atoms with Crippen LogP contribution in [0.15, 0.2) is 40.9 Å². The summed E-state index contributed by atoms with van der Waals surface area (Å²) in [5.41, 5.74) is 5.34. The summed E-state index contributed by atoms with van der Waals surface area (Å²) in [6.07, 6.45) is 0. The molecule has 29 heavy (non-hydrogen) atoms. The van der Waals surface area contributed by atoms with Gasteiger partial charge in [-0.1, -0.05) is 34.1 Å². The van der Waals surface area contributed by atoms with Gasteiger partial charge in [-0.05, 0) is 48.7 Å². The number of carbonyl (C=O) groups excluding carboxylic acids is 1. The number of halogens is 1. The Kier molecular flexibility index (Phi) is 5.19.